The SMILES string of the molecule is [CH2+]C(=O)C(CCC(=O)OCC)C(=O)OCC. The average molecular weight is 229 g/mol. The lowest BCUT2D eigenvalue weighted by molar-refractivity contribution is -0.151. The molecular formula is C11H17O5+. The molecule has 0 aliphatic rings. The van der Waals surface area contributed by atoms with Crippen LogP contribution in [0.4, 0.5) is 0 Å². The van der Waals surface area contributed by atoms with Crippen LogP contribution in [0.2, 0.25) is 0 Å². The Morgan fingerprint density at radius 3 is 2.12 bits per heavy atom. The fourth-order valence-corrected chi connectivity index (χ4v) is 1.15. The second-order valence-electron chi connectivity index (χ2n) is 3.11. The molecule has 0 N–H and O–H groups in total. The van der Waals surface area contributed by atoms with E-state index in [9.17, 15) is 14.4 Å². The normalized spacial score (nSPS) is 11.6. The quantitative estimate of drug-likeness (QED) is 0.368. The Hall–Kier alpha value is -1.52. The highest BCUT2D eigenvalue weighted by Crippen LogP contribution is 2.11. The average Bonchev–Trinajstić information content (AvgIpc) is 2.18. The van der Waals surface area contributed by atoms with Crippen molar-refractivity contribution in [2.24, 2.45) is 5.92 Å². The molecule has 90 valence electrons. The third kappa shape index (κ3) is 5.38. The molecule has 0 saturated heterocycles. The monoisotopic (exact) mass is 229 g/mol. The highest BCUT2D eigenvalue weighted by atomic mass is 16.5. The van der Waals surface area contributed by atoms with Gasteiger partial charge in [-0.25, -0.2) is 4.79 Å². The van der Waals surface area contributed by atoms with E-state index in [0.29, 0.717) is 0 Å². The topological polar surface area (TPSA) is 69.7 Å². The second kappa shape index (κ2) is 7.73. The van der Waals surface area contributed by atoms with Crippen LogP contribution in [0, 0.1) is 12.8 Å². The van der Waals surface area contributed by atoms with Crippen molar-refractivity contribution in [3.8, 4) is 0 Å². The van der Waals surface area contributed by atoms with Crippen LogP contribution in [-0.2, 0) is 23.9 Å². The first kappa shape index (κ1) is 14.5. The van der Waals surface area contributed by atoms with Gasteiger partial charge in [-0.2, -0.15) is 0 Å². The van der Waals surface area contributed by atoms with Gasteiger partial charge in [0, 0.05) is 6.42 Å². The fourth-order valence-electron chi connectivity index (χ4n) is 1.15. The van der Waals surface area contributed by atoms with Crippen molar-refractivity contribution in [3.05, 3.63) is 6.92 Å². The van der Waals surface area contributed by atoms with E-state index >= 15 is 0 Å². The van der Waals surface area contributed by atoms with Crippen LogP contribution in [0.1, 0.15) is 26.7 Å². The van der Waals surface area contributed by atoms with Crippen LogP contribution in [-0.4, -0.2) is 30.9 Å². The van der Waals surface area contributed by atoms with E-state index in [0.717, 1.165) is 0 Å². The predicted octanol–water partition coefficient (Wildman–Crippen LogP) is 0.912. The molecule has 0 aliphatic carbocycles. The van der Waals surface area contributed by atoms with Crippen molar-refractivity contribution in [1.82, 2.24) is 0 Å². The first-order valence-electron chi connectivity index (χ1n) is 5.20. The summed E-state index contributed by atoms with van der Waals surface area (Å²) in [5.41, 5.74) is 0. The molecule has 0 aromatic rings. The van der Waals surface area contributed by atoms with Crippen molar-refractivity contribution < 1.29 is 23.9 Å². The van der Waals surface area contributed by atoms with E-state index in [1.807, 2.05) is 0 Å². The molecule has 0 heterocycles. The molecule has 0 aliphatic heterocycles. The van der Waals surface area contributed by atoms with E-state index < -0.39 is 23.6 Å². The van der Waals surface area contributed by atoms with E-state index in [-0.39, 0.29) is 26.1 Å². The smallest absolute Gasteiger partial charge is 0.321 e. The molecule has 5 nitrogen and oxygen atoms in total. The standard InChI is InChI=1S/C11H17O5/c1-4-15-10(13)7-6-9(8(3)12)11(14)16-5-2/h9H,3-7H2,1-2H3/q+1. The number of Topliss-reactive ketones (excluding diaryl/α,β-unsaturated/α-hetero) is 1. The van der Waals surface area contributed by atoms with Gasteiger partial charge < -0.3 is 9.47 Å². The van der Waals surface area contributed by atoms with E-state index in [4.69, 9.17) is 4.74 Å². The molecule has 0 spiro atoms. The lowest BCUT2D eigenvalue weighted by Gasteiger charge is -2.08. The van der Waals surface area contributed by atoms with Crippen LogP contribution in [0.25, 0.3) is 0 Å². The van der Waals surface area contributed by atoms with Crippen molar-refractivity contribution in [3.63, 3.8) is 0 Å². The van der Waals surface area contributed by atoms with Gasteiger partial charge in [0.15, 0.2) is 5.92 Å². The maximum Gasteiger partial charge on any atom is 0.321 e. The second-order valence-corrected chi connectivity index (χ2v) is 3.11. The molecular weight excluding hydrogens is 212 g/mol. The lowest BCUT2D eigenvalue weighted by atomic mass is 9.99. The summed E-state index contributed by atoms with van der Waals surface area (Å²) in [7, 11) is 0. The van der Waals surface area contributed by atoms with Gasteiger partial charge in [-0.3, -0.25) is 9.59 Å². The summed E-state index contributed by atoms with van der Waals surface area (Å²) in [5, 5.41) is 0. The van der Waals surface area contributed by atoms with Crippen molar-refractivity contribution in [1.29, 1.82) is 0 Å². The third-order valence-electron chi connectivity index (χ3n) is 1.90. The minimum atomic E-state index is -0.968. The molecule has 0 radical (unpaired) electrons. The summed E-state index contributed by atoms with van der Waals surface area (Å²) < 4.78 is 9.39. The number of carbonyl (C=O) groups excluding carboxylic acids is 3. The number of ketones is 1. The molecule has 0 aromatic heterocycles. The lowest BCUT2D eigenvalue weighted by Crippen LogP contribution is -2.25. The largest absolute Gasteiger partial charge is 0.466 e. The van der Waals surface area contributed by atoms with E-state index in [1.165, 1.54) is 0 Å². The minimum absolute atomic E-state index is 0.0125. The van der Waals surface area contributed by atoms with Crippen LogP contribution in [0.5, 0.6) is 0 Å². The van der Waals surface area contributed by atoms with Gasteiger partial charge in [0.1, 0.15) is 6.92 Å². The molecule has 0 fully saturated rings. The van der Waals surface area contributed by atoms with Gasteiger partial charge in [-0.15, -0.1) is 0 Å². The molecule has 1 unspecified atom stereocenters. The van der Waals surface area contributed by atoms with Gasteiger partial charge in [-0.1, -0.05) is 0 Å². The summed E-state index contributed by atoms with van der Waals surface area (Å²) in [5.74, 6) is -2.57. The number of esters is 2. The Bertz CT molecular complexity index is 259. The third-order valence-corrected chi connectivity index (χ3v) is 1.90. The van der Waals surface area contributed by atoms with Gasteiger partial charge in [0.2, 0.25) is 0 Å². The van der Waals surface area contributed by atoms with Crippen molar-refractivity contribution in [2.45, 2.75) is 26.7 Å². The number of rotatable bonds is 7. The van der Waals surface area contributed by atoms with Gasteiger partial charge >= 0.3 is 17.7 Å². The molecule has 0 rings (SSSR count). The van der Waals surface area contributed by atoms with Gasteiger partial charge in [0.25, 0.3) is 0 Å². The van der Waals surface area contributed by atoms with Crippen LogP contribution >= 0.6 is 0 Å². The number of carbonyl (C=O) groups is 3. The zero-order valence-electron chi connectivity index (χ0n) is 9.65. The Labute approximate surface area is 95.1 Å². The highest BCUT2D eigenvalue weighted by molar-refractivity contribution is 6.01. The van der Waals surface area contributed by atoms with E-state index in [2.05, 4.69) is 11.7 Å². The molecule has 0 amide bonds. The van der Waals surface area contributed by atoms with Crippen LogP contribution in [0.3, 0.4) is 0 Å². The Morgan fingerprint density at radius 2 is 1.69 bits per heavy atom. The number of ether oxygens (including phenoxy) is 2. The summed E-state index contributed by atoms with van der Waals surface area (Å²) in [4.78, 5) is 33.4. The Balaban J connectivity index is 4.19. The zero-order valence-corrected chi connectivity index (χ0v) is 9.65. The predicted molar refractivity (Wildman–Crippen MR) is 56.4 cm³/mol. The summed E-state index contributed by atoms with van der Waals surface area (Å²) in [6, 6.07) is 0. The fraction of sp³-hybridized carbons (Fsp3) is 0.636. The number of hydrogen-bond donors (Lipinski definition) is 0. The molecule has 0 bridgehead atoms. The first-order valence-corrected chi connectivity index (χ1v) is 5.20. The van der Waals surface area contributed by atoms with E-state index in [1.54, 1.807) is 13.8 Å². The Morgan fingerprint density at radius 1 is 1.12 bits per heavy atom. The Kier molecular flexibility index (Phi) is 7.00. The molecule has 16 heavy (non-hydrogen) atoms. The molecule has 0 saturated carbocycles. The molecule has 1 atom stereocenters. The van der Waals surface area contributed by atoms with Crippen LogP contribution < -0.4 is 0 Å². The maximum atomic E-state index is 11.3. The summed E-state index contributed by atoms with van der Waals surface area (Å²) >= 11 is 0. The molecule has 5 heteroatoms. The maximum absolute atomic E-state index is 11.3. The zero-order chi connectivity index (χ0) is 12.6. The van der Waals surface area contributed by atoms with Crippen LogP contribution in [0.15, 0.2) is 0 Å². The van der Waals surface area contributed by atoms with Crippen molar-refractivity contribution >= 4 is 17.7 Å². The summed E-state index contributed by atoms with van der Waals surface area (Å²) in [6.45, 7) is 6.98. The van der Waals surface area contributed by atoms with Gasteiger partial charge in [-0.05, 0) is 20.3 Å². The highest BCUT2D eigenvalue weighted by Gasteiger charge is 2.30. The minimum Gasteiger partial charge on any atom is -0.466 e. The molecule has 0 aromatic carbocycles. The summed E-state index contributed by atoms with van der Waals surface area (Å²) in [6.07, 6.45) is 0.0958. The number of hydrogen-bond acceptors (Lipinski definition) is 5. The first-order chi connectivity index (χ1) is 7.52. The van der Waals surface area contributed by atoms with Crippen molar-refractivity contribution in [2.75, 3.05) is 13.2 Å². The van der Waals surface area contributed by atoms with Gasteiger partial charge in [0.05, 0.1) is 13.2 Å².